The molecule has 14 heteroatoms. The van der Waals surface area contributed by atoms with Crippen molar-refractivity contribution in [2.75, 3.05) is 16.7 Å². The van der Waals surface area contributed by atoms with Crippen molar-refractivity contribution in [2.24, 2.45) is 0 Å². The molecule has 1 amide bonds. The molecule has 4 aromatic rings. The van der Waals surface area contributed by atoms with Crippen molar-refractivity contribution in [1.82, 2.24) is 14.5 Å². The molecule has 11 nitrogen and oxygen atoms in total. The molecule has 0 aliphatic carbocycles. The van der Waals surface area contributed by atoms with Crippen LogP contribution in [0.2, 0.25) is 0 Å². The minimum absolute atomic E-state index is 0.00758. The number of aromatic nitrogens is 3. The monoisotopic (exact) mass is 601 g/mol. The molecule has 0 spiro atoms. The normalized spacial score (nSPS) is 11.6. The molecule has 2 aromatic heterocycles. The maximum absolute atomic E-state index is 15.1. The van der Waals surface area contributed by atoms with Crippen LogP contribution in [-0.4, -0.2) is 47.5 Å². The van der Waals surface area contributed by atoms with E-state index in [9.17, 15) is 18.0 Å². The van der Waals surface area contributed by atoms with Crippen LogP contribution in [0.5, 0.6) is 5.75 Å². The van der Waals surface area contributed by atoms with Crippen molar-refractivity contribution in [1.29, 1.82) is 0 Å². The molecule has 1 N–H and O–H groups in total. The molecule has 0 aliphatic heterocycles. The van der Waals surface area contributed by atoms with Crippen molar-refractivity contribution in [2.45, 2.75) is 44.4 Å². The van der Waals surface area contributed by atoms with Gasteiger partial charge in [0.15, 0.2) is 5.69 Å². The summed E-state index contributed by atoms with van der Waals surface area (Å²) in [6.07, 6.45) is 4.52. The number of thiazole rings is 1. The molecular weight excluding hydrogens is 573 g/mol. The van der Waals surface area contributed by atoms with E-state index in [0.717, 1.165) is 21.7 Å². The quantitative estimate of drug-likeness (QED) is 0.263. The predicted molar refractivity (Wildman–Crippen MR) is 151 cm³/mol. The third kappa shape index (κ3) is 7.27. The molecule has 0 radical (unpaired) electrons. The molecule has 41 heavy (non-hydrogen) atoms. The lowest BCUT2D eigenvalue weighted by Gasteiger charge is -2.25. The van der Waals surface area contributed by atoms with E-state index in [1.54, 1.807) is 51.2 Å². The van der Waals surface area contributed by atoms with Crippen LogP contribution >= 0.6 is 11.3 Å². The maximum atomic E-state index is 15.1. The lowest BCUT2D eigenvalue weighted by atomic mass is 10.2. The molecule has 0 saturated carbocycles. The number of carbonyl (C=O) groups excluding carboxylic acids is 2. The Bertz CT molecular complexity index is 1630. The van der Waals surface area contributed by atoms with Gasteiger partial charge in [-0.2, -0.15) is 0 Å². The third-order valence-electron chi connectivity index (χ3n) is 5.54. The van der Waals surface area contributed by atoms with Gasteiger partial charge in [-0.05, 0) is 56.7 Å². The van der Waals surface area contributed by atoms with E-state index in [-0.39, 0.29) is 34.4 Å². The number of halogens is 1. The predicted octanol–water partition coefficient (Wildman–Crippen LogP) is 4.48. The highest BCUT2D eigenvalue weighted by Crippen LogP contribution is 2.34. The molecule has 2 aromatic carbocycles. The van der Waals surface area contributed by atoms with E-state index in [0.29, 0.717) is 11.3 Å². The average Bonchev–Trinajstić information content (AvgIpc) is 3.60. The largest absolute Gasteiger partial charge is 0.497 e. The van der Waals surface area contributed by atoms with Crippen LogP contribution in [0.4, 0.5) is 15.1 Å². The van der Waals surface area contributed by atoms with Crippen LogP contribution in [0.25, 0.3) is 0 Å². The fraction of sp³-hybridized carbons (Fsp3) is 0.259. The van der Waals surface area contributed by atoms with E-state index in [4.69, 9.17) is 9.47 Å². The van der Waals surface area contributed by atoms with Crippen LogP contribution in [0, 0.1) is 5.82 Å². The van der Waals surface area contributed by atoms with Gasteiger partial charge in [0.1, 0.15) is 28.7 Å². The highest BCUT2D eigenvalue weighted by atomic mass is 32.2. The summed E-state index contributed by atoms with van der Waals surface area (Å²) in [6, 6.07) is 9.86. The molecule has 0 aliphatic rings. The van der Waals surface area contributed by atoms with Crippen LogP contribution in [-0.2, 0) is 32.6 Å². The van der Waals surface area contributed by atoms with Crippen molar-refractivity contribution < 1.29 is 31.9 Å². The third-order valence-corrected chi connectivity index (χ3v) is 8.25. The number of methoxy groups -OCH3 is 1. The zero-order valence-corrected chi connectivity index (χ0v) is 24.3. The molecule has 216 valence electrons. The van der Waals surface area contributed by atoms with Crippen molar-refractivity contribution in [3.05, 3.63) is 83.8 Å². The summed E-state index contributed by atoms with van der Waals surface area (Å²) >= 11 is 0.930. The van der Waals surface area contributed by atoms with E-state index in [2.05, 4.69) is 15.3 Å². The van der Waals surface area contributed by atoms with E-state index < -0.39 is 33.3 Å². The number of carbonyl (C=O) groups is 2. The zero-order chi connectivity index (χ0) is 29.8. The zero-order valence-electron chi connectivity index (χ0n) is 22.7. The molecule has 0 bridgehead atoms. The summed E-state index contributed by atoms with van der Waals surface area (Å²) in [5.74, 6) is -1.70. The first-order chi connectivity index (χ1) is 19.4. The van der Waals surface area contributed by atoms with Crippen LogP contribution in [0.15, 0.2) is 71.6 Å². The first-order valence-electron chi connectivity index (χ1n) is 12.2. The summed E-state index contributed by atoms with van der Waals surface area (Å²) in [5, 5.41) is 2.44. The second kappa shape index (κ2) is 12.1. The van der Waals surface area contributed by atoms with Gasteiger partial charge in [-0.1, -0.05) is 12.1 Å². The van der Waals surface area contributed by atoms with E-state index in [1.807, 2.05) is 0 Å². The van der Waals surface area contributed by atoms with Gasteiger partial charge in [0.25, 0.3) is 10.0 Å². The lowest BCUT2D eigenvalue weighted by Crippen LogP contribution is -2.32. The number of ether oxygens (including phenoxy) is 2. The Morgan fingerprint density at radius 1 is 1.15 bits per heavy atom. The van der Waals surface area contributed by atoms with Gasteiger partial charge >= 0.3 is 5.97 Å². The van der Waals surface area contributed by atoms with Crippen LogP contribution < -0.4 is 14.4 Å². The van der Waals surface area contributed by atoms with Gasteiger partial charge < -0.3 is 19.4 Å². The topological polar surface area (TPSA) is 133 Å². The van der Waals surface area contributed by atoms with Crippen molar-refractivity contribution >= 4 is 43.9 Å². The maximum Gasteiger partial charge on any atom is 0.360 e. The summed E-state index contributed by atoms with van der Waals surface area (Å²) in [7, 11) is -2.94. The van der Waals surface area contributed by atoms with Gasteiger partial charge in [-0.25, -0.2) is 27.6 Å². The Morgan fingerprint density at radius 3 is 2.49 bits per heavy atom. The molecular formula is C27H28FN5O6S2. The van der Waals surface area contributed by atoms with Crippen LogP contribution in [0.1, 0.15) is 36.8 Å². The first kappa shape index (κ1) is 29.7. The Hall–Kier alpha value is -4.30. The molecule has 0 unspecified atom stereocenters. The fourth-order valence-electron chi connectivity index (χ4n) is 3.67. The second-order valence-electron chi connectivity index (χ2n) is 9.79. The molecule has 4 rings (SSSR count). The molecule has 0 fully saturated rings. The number of imidazole rings is 1. The van der Waals surface area contributed by atoms with Gasteiger partial charge in [0, 0.05) is 12.4 Å². The Morgan fingerprint density at radius 2 is 1.88 bits per heavy atom. The molecule has 0 saturated heterocycles. The average molecular weight is 602 g/mol. The Balaban J connectivity index is 1.69. The molecule has 2 heterocycles. The van der Waals surface area contributed by atoms with E-state index in [1.165, 1.54) is 41.8 Å². The van der Waals surface area contributed by atoms with Gasteiger partial charge in [-0.3, -0.25) is 9.10 Å². The fourth-order valence-corrected chi connectivity index (χ4v) is 6.15. The lowest BCUT2D eigenvalue weighted by molar-refractivity contribution is -0.116. The number of sulfonamides is 1. The highest BCUT2D eigenvalue weighted by Gasteiger charge is 2.33. The number of rotatable bonds is 10. The first-order valence-corrected chi connectivity index (χ1v) is 14.6. The Labute approximate surface area is 240 Å². The minimum Gasteiger partial charge on any atom is -0.497 e. The summed E-state index contributed by atoms with van der Waals surface area (Å²) in [4.78, 5) is 32.8. The number of anilines is 2. The number of nitrogens with one attached hydrogen (secondary N) is 1. The second-order valence-corrected chi connectivity index (χ2v) is 12.5. The van der Waals surface area contributed by atoms with Crippen LogP contribution in [0.3, 0.4) is 0 Å². The number of esters is 1. The van der Waals surface area contributed by atoms with Gasteiger partial charge in [0.05, 0.1) is 36.1 Å². The summed E-state index contributed by atoms with van der Waals surface area (Å²) < 4.78 is 56.2. The number of hydrogen-bond acceptors (Lipinski definition) is 9. The number of hydrogen-bond donors (Lipinski definition) is 1. The number of benzene rings is 2. The standard InChI is InChI=1S/C27H28FN5O6S2/c1-27(2,3)39-26(35)24-25(40-17-30-24)33(14-18-5-7-19(38-4)8-6-18)41(36,37)20-9-10-22(21(28)13-20)31-23(34)15-32-12-11-29-16-32/h5-13,16-17H,14-15H2,1-4H3,(H,31,34). The smallest absolute Gasteiger partial charge is 0.360 e. The molecule has 0 atom stereocenters. The summed E-state index contributed by atoms with van der Waals surface area (Å²) in [6.45, 7) is 4.74. The SMILES string of the molecule is COc1ccc(CN(c2scnc2C(=O)OC(C)(C)C)S(=O)(=O)c2ccc(NC(=O)Cn3ccnc3)c(F)c2)cc1. The van der Waals surface area contributed by atoms with Gasteiger partial charge in [-0.15, -0.1) is 11.3 Å². The minimum atomic E-state index is -4.45. The number of nitrogens with zero attached hydrogens (tertiary/aromatic N) is 4. The Kier molecular flexibility index (Phi) is 8.73. The van der Waals surface area contributed by atoms with E-state index >= 15 is 4.39 Å². The highest BCUT2D eigenvalue weighted by molar-refractivity contribution is 7.93. The van der Waals surface area contributed by atoms with Crippen molar-refractivity contribution in [3.63, 3.8) is 0 Å². The summed E-state index contributed by atoms with van der Waals surface area (Å²) in [5.41, 5.74) is 0.680. The number of amides is 1. The van der Waals surface area contributed by atoms with Gasteiger partial charge in [0.2, 0.25) is 5.91 Å². The van der Waals surface area contributed by atoms with Crippen molar-refractivity contribution in [3.8, 4) is 5.75 Å².